The van der Waals surface area contributed by atoms with Gasteiger partial charge in [-0.15, -0.1) is 0 Å². The van der Waals surface area contributed by atoms with E-state index in [0.29, 0.717) is 0 Å². The van der Waals surface area contributed by atoms with Crippen LogP contribution in [0.4, 0.5) is 237 Å². The first kappa shape index (κ1) is 107. The summed E-state index contributed by atoms with van der Waals surface area (Å²) >= 11 is 0. The molecule has 3 atom stereocenters. The number of aliphatic hydroxyl groups is 3. The van der Waals surface area contributed by atoms with Crippen molar-refractivity contribution in [1.82, 2.24) is 0 Å². The van der Waals surface area contributed by atoms with Gasteiger partial charge >= 0.3 is 159 Å². The lowest BCUT2D eigenvalue weighted by Gasteiger charge is -2.37. The maximum atomic E-state index is 14.7. The topological polar surface area (TPSA) is 199 Å². The molecule has 114 heavy (non-hydrogen) atoms. The monoisotopic (exact) mass is 1840 g/mol. The molecule has 0 aromatic heterocycles. The van der Waals surface area contributed by atoms with Crippen LogP contribution in [0.2, 0.25) is 0 Å². The number of hydrogen-bond acceptors (Lipinski definition) is 18. The Morgan fingerprint density at radius 1 is 0.202 bits per heavy atom. The highest BCUT2D eigenvalue weighted by Gasteiger charge is 2.84. The third-order valence-electron chi connectivity index (χ3n) is 11.1. The minimum absolute atomic E-state index is 0.0129. The first-order chi connectivity index (χ1) is 49.4. The van der Waals surface area contributed by atoms with E-state index in [0.717, 1.165) is 44.8 Å². The lowest BCUT2D eigenvalue weighted by molar-refractivity contribution is -0.595. The van der Waals surface area contributed by atoms with Gasteiger partial charge in [0, 0.05) is 6.61 Å². The molecule has 0 bridgehead atoms. The van der Waals surface area contributed by atoms with E-state index in [1.54, 1.807) is 0 Å². The van der Waals surface area contributed by atoms with Gasteiger partial charge in [0.1, 0.15) is 31.5 Å². The van der Waals surface area contributed by atoms with Crippen LogP contribution in [0.1, 0.15) is 41.9 Å². The average molecular weight is 1840 g/mol. The van der Waals surface area contributed by atoms with Gasteiger partial charge in [-0.3, -0.25) is 0 Å². The molecular weight excluding hydrogens is 1820 g/mol. The molecule has 0 saturated carbocycles. The first-order valence-electron chi connectivity index (χ1n) is 25.9. The largest absolute Gasteiger partial charge is 0.483 e. The summed E-state index contributed by atoms with van der Waals surface area (Å²) in [5, 5.41) is 29.4. The molecule has 0 aliphatic rings. The normalized spacial score (nSPS) is 16.8. The second kappa shape index (κ2) is 33.0. The van der Waals surface area contributed by atoms with Gasteiger partial charge in [-0.05, 0) is 23.6 Å². The molecule has 0 saturated heterocycles. The molecule has 1 rings (SSSR count). The number of hydrogen-bond donors (Lipinski definition) is 3. The average Bonchev–Trinajstić information content (AvgIpc) is 0.736. The van der Waals surface area contributed by atoms with E-state index in [1.807, 2.05) is 0 Å². The fourth-order valence-corrected chi connectivity index (χ4v) is 5.97. The van der Waals surface area contributed by atoms with Crippen LogP contribution < -0.4 is 0 Å². The Labute approximate surface area is 583 Å². The van der Waals surface area contributed by atoms with Gasteiger partial charge < -0.3 is 29.5 Å². The predicted octanol–water partition coefficient (Wildman–Crippen LogP) is 17.4. The van der Waals surface area contributed by atoms with Crippen molar-refractivity contribution in [3.63, 3.8) is 0 Å². The third-order valence-corrected chi connectivity index (χ3v) is 11.1. The summed E-state index contributed by atoms with van der Waals surface area (Å²) in [5.41, 5.74) is -3.64. The summed E-state index contributed by atoms with van der Waals surface area (Å²) in [7, 11) is 0. The Bertz CT molecular complexity index is 3090. The highest BCUT2D eigenvalue weighted by atomic mass is 19.5. The maximum absolute atomic E-state index is 14.7. The molecule has 1 aromatic carbocycles. The lowest BCUT2D eigenvalue weighted by atomic mass is 9.96. The number of alkyl halides is 54. The van der Waals surface area contributed by atoms with Crippen LogP contribution in [-0.2, 0) is 71.1 Å². The summed E-state index contributed by atoms with van der Waals surface area (Å²) in [5.74, 6) is 0. The Morgan fingerprint density at radius 3 is 0.447 bits per heavy atom. The molecule has 0 fully saturated rings. The molecule has 0 aliphatic heterocycles. The molecule has 678 valence electrons. The van der Waals surface area contributed by atoms with Crippen molar-refractivity contribution in [1.29, 1.82) is 0 Å². The summed E-state index contributed by atoms with van der Waals surface area (Å²) < 4.78 is 766. The first-order valence-corrected chi connectivity index (χ1v) is 25.9. The standard InChI is InChI=1S/C42H24F54O18/c1-2-100-14(6-97)11-3-12(15(7-98)101-9-17(43,44)103-23(57,58)25(61,62)107-31(73,74)33(77,78)111-39(89,90)41(93,94)113-37(85,86)35(81,82)109-29(69,70)27(65,66)105-21(53,54)19(47,48)49)5-13(4-11)16(8-99)102-10-18(45,46)104-24(59,60)26(63,64)108-32(75,76)34(79,80)112-40(91,92)42(95,96)114-38(87,88)36(83,84)110-30(71,72)28(67,68)106-22(55,56)20(50,51)52/h3-5,14-16,97-99H,2,6-10H2,1H3. The second-order valence-electron chi connectivity index (χ2n) is 19.9. The molecule has 18 nitrogen and oxygen atoms in total. The van der Waals surface area contributed by atoms with E-state index in [9.17, 15) is 252 Å². The zero-order chi connectivity index (χ0) is 91.4. The minimum Gasteiger partial charge on any atom is -0.393 e. The molecule has 0 spiro atoms. The van der Waals surface area contributed by atoms with Crippen molar-refractivity contribution in [3.05, 3.63) is 34.9 Å². The molecule has 0 heterocycles. The second-order valence-corrected chi connectivity index (χ2v) is 19.9. The number of rotatable bonds is 48. The highest BCUT2D eigenvalue weighted by molar-refractivity contribution is 5.35. The van der Waals surface area contributed by atoms with Crippen LogP contribution in [0.3, 0.4) is 0 Å². The maximum Gasteiger partial charge on any atom is 0.483 e. The van der Waals surface area contributed by atoms with Gasteiger partial charge in [0.05, 0.1) is 19.8 Å². The Morgan fingerprint density at radius 2 is 0.325 bits per heavy atom. The van der Waals surface area contributed by atoms with Crippen LogP contribution in [-0.4, -0.2) is 214 Å². The van der Waals surface area contributed by atoms with E-state index in [2.05, 4.69) is 18.9 Å². The van der Waals surface area contributed by atoms with Gasteiger partial charge in [-0.25, -0.2) is 56.8 Å². The van der Waals surface area contributed by atoms with E-state index < -0.39 is 234 Å². The quantitative estimate of drug-likeness (QED) is 0.0520. The molecule has 0 aliphatic carbocycles. The van der Waals surface area contributed by atoms with Crippen molar-refractivity contribution in [2.24, 2.45) is 0 Å². The SMILES string of the molecule is CCOC(CO)c1cc(C(CO)OCC(F)(F)OC(F)(F)C(F)(F)OC(F)(F)C(F)(F)OC(F)(F)C(F)(F)OC(F)(F)C(F)(F)OC(F)(F)C(F)(F)OC(F)(F)C(F)(F)F)cc(C(CO)OCC(F)(F)OC(F)(F)C(F)(F)OC(F)(F)C(F)(F)OC(F)(F)C(F)(F)OC(F)(F)C(F)(F)OC(F)(F)C(F)(F)OC(F)(F)C(F)(F)F)c1. The zero-order valence-electron chi connectivity index (χ0n) is 51.1. The van der Waals surface area contributed by atoms with Gasteiger partial charge in [0.2, 0.25) is 0 Å². The fourth-order valence-electron chi connectivity index (χ4n) is 5.97. The summed E-state index contributed by atoms with van der Waals surface area (Å²) in [4.78, 5) is 0. The van der Waals surface area contributed by atoms with E-state index in [-0.39, 0.29) is 18.2 Å². The van der Waals surface area contributed by atoms with Gasteiger partial charge in [-0.1, -0.05) is 18.2 Å². The zero-order valence-corrected chi connectivity index (χ0v) is 51.1. The van der Waals surface area contributed by atoms with Crippen LogP contribution in [0.15, 0.2) is 18.2 Å². The molecular formula is C42H24F54O18. The molecule has 3 unspecified atom stereocenters. The molecule has 1 aromatic rings. The number of aliphatic hydroxyl groups excluding tert-OH is 3. The van der Waals surface area contributed by atoms with Crippen LogP contribution in [0, 0.1) is 0 Å². The smallest absolute Gasteiger partial charge is 0.393 e. The summed E-state index contributed by atoms with van der Waals surface area (Å²) in [6.45, 7) is -12.2. The van der Waals surface area contributed by atoms with Crippen molar-refractivity contribution < 1.29 is 323 Å². The lowest BCUT2D eigenvalue weighted by Crippen LogP contribution is -2.62. The third kappa shape index (κ3) is 24.7. The predicted molar refractivity (Wildman–Crippen MR) is 223 cm³/mol. The molecule has 0 radical (unpaired) electrons. The van der Waals surface area contributed by atoms with Gasteiger partial charge in [-0.2, -0.15) is 237 Å². The van der Waals surface area contributed by atoms with Crippen molar-refractivity contribution in [2.75, 3.05) is 39.6 Å². The van der Waals surface area contributed by atoms with Crippen LogP contribution >= 0.6 is 0 Å². The van der Waals surface area contributed by atoms with Gasteiger partial charge in [0.25, 0.3) is 0 Å². The van der Waals surface area contributed by atoms with Crippen molar-refractivity contribution in [2.45, 2.75) is 184 Å². The fraction of sp³-hybridized carbons (Fsp3) is 0.857. The summed E-state index contributed by atoms with van der Waals surface area (Å²) in [6, 6.07) is 0.503. The van der Waals surface area contributed by atoms with E-state index in [4.69, 9.17) is 4.74 Å². The Kier molecular flexibility index (Phi) is 30.9. The van der Waals surface area contributed by atoms with E-state index >= 15 is 0 Å². The Hall–Kier alpha value is -5.28. The summed E-state index contributed by atoms with van der Waals surface area (Å²) in [6.07, 6.45) is -219. The Balaban J connectivity index is 3.56. The van der Waals surface area contributed by atoms with E-state index in [1.165, 1.54) is 9.47 Å². The van der Waals surface area contributed by atoms with Crippen molar-refractivity contribution in [3.8, 4) is 0 Å². The number of halogens is 54. The van der Waals surface area contributed by atoms with Crippen molar-refractivity contribution >= 4 is 0 Å². The molecule has 72 heteroatoms. The molecule has 0 amide bonds. The van der Waals surface area contributed by atoms with Gasteiger partial charge in [0.15, 0.2) is 0 Å². The molecule has 3 N–H and O–H groups in total. The number of ether oxygens (including phenoxy) is 15. The van der Waals surface area contributed by atoms with Crippen LogP contribution in [0.25, 0.3) is 0 Å². The number of benzene rings is 1. The van der Waals surface area contributed by atoms with Crippen LogP contribution in [0.5, 0.6) is 0 Å². The minimum atomic E-state index is -8.57. The highest BCUT2D eigenvalue weighted by Crippen LogP contribution is 2.59.